The molecule has 2 N–H and O–H groups in total. The summed E-state index contributed by atoms with van der Waals surface area (Å²) in [5.74, 6) is -0.406. The van der Waals surface area contributed by atoms with Crippen molar-refractivity contribution in [3.05, 3.63) is 161 Å². The van der Waals surface area contributed by atoms with Gasteiger partial charge < -0.3 is 24.8 Å². The lowest BCUT2D eigenvalue weighted by Crippen LogP contribution is -2.54. The molecule has 0 radical (unpaired) electrons. The molecule has 5 aromatic rings. The molecule has 0 bridgehead atoms. The summed E-state index contributed by atoms with van der Waals surface area (Å²) in [6, 6.07) is 32.7. The minimum atomic E-state index is -0.938. The summed E-state index contributed by atoms with van der Waals surface area (Å²) < 4.78 is 2.08. The van der Waals surface area contributed by atoms with Crippen LogP contribution < -0.4 is 5.32 Å². The molecule has 2 aromatic heterocycles. The number of aliphatic hydroxyl groups excluding tert-OH is 1. The van der Waals surface area contributed by atoms with E-state index in [4.69, 9.17) is 0 Å². The minimum Gasteiger partial charge on any atom is -0.391 e. The number of likely N-dealkylation sites (tertiary alicyclic amines) is 1. The molecular formula is C40H39N5O4S. The number of hydrogen-bond acceptors (Lipinski definition) is 6. The van der Waals surface area contributed by atoms with E-state index in [9.17, 15) is 19.5 Å². The van der Waals surface area contributed by atoms with E-state index >= 15 is 0 Å². The Bertz CT molecular complexity index is 1900. The minimum absolute atomic E-state index is 0.000795. The van der Waals surface area contributed by atoms with Crippen molar-refractivity contribution in [2.45, 2.75) is 48.2 Å². The van der Waals surface area contributed by atoms with Crippen molar-refractivity contribution in [3.8, 4) is 0 Å². The number of carbonyl (C=O) groups excluding carboxylic acids is 3. The summed E-state index contributed by atoms with van der Waals surface area (Å²) in [4.78, 5) is 50.2. The molecule has 3 aromatic carbocycles. The highest BCUT2D eigenvalue weighted by molar-refractivity contribution is 7.99. The lowest BCUT2D eigenvalue weighted by molar-refractivity contribution is -0.137. The van der Waals surface area contributed by atoms with Gasteiger partial charge in [0.15, 0.2) is 0 Å². The fourth-order valence-electron chi connectivity index (χ4n) is 7.11. The van der Waals surface area contributed by atoms with Crippen molar-refractivity contribution in [1.82, 2.24) is 24.7 Å². The Morgan fingerprint density at radius 1 is 0.920 bits per heavy atom. The first-order valence-corrected chi connectivity index (χ1v) is 17.8. The number of β-amino-alcohol motifs (C(OH)–C–C–N with tert-alkyl or cyclic N) is 1. The van der Waals surface area contributed by atoms with Gasteiger partial charge in [0.05, 0.1) is 17.7 Å². The smallest absolute Gasteiger partial charge is 0.256 e. The number of amides is 3. The lowest BCUT2D eigenvalue weighted by atomic mass is 9.96. The summed E-state index contributed by atoms with van der Waals surface area (Å²) in [6.07, 6.45) is 4.95. The van der Waals surface area contributed by atoms with E-state index in [1.165, 1.54) is 4.90 Å². The van der Waals surface area contributed by atoms with Gasteiger partial charge in [0.25, 0.3) is 5.91 Å². The number of aromatic nitrogens is 2. The first-order chi connectivity index (χ1) is 24.4. The van der Waals surface area contributed by atoms with Crippen LogP contribution in [-0.2, 0) is 21.8 Å². The SMILES string of the molecule is CN(C(=O)C(Cc1ccccc1)NC(=O)C1CC(O)CN1C(=O)c1ccn2c1CSC2c1cccnc1)C(c1ccccc1)c1ccccc1. The van der Waals surface area contributed by atoms with E-state index < -0.39 is 30.1 Å². The Morgan fingerprint density at radius 3 is 2.22 bits per heavy atom. The topological polar surface area (TPSA) is 108 Å². The van der Waals surface area contributed by atoms with Gasteiger partial charge in [-0.1, -0.05) is 97.1 Å². The van der Waals surface area contributed by atoms with Crippen molar-refractivity contribution in [2.24, 2.45) is 0 Å². The van der Waals surface area contributed by atoms with Gasteiger partial charge in [-0.15, -0.1) is 11.8 Å². The zero-order valence-corrected chi connectivity index (χ0v) is 28.5. The van der Waals surface area contributed by atoms with Crippen LogP contribution in [0.3, 0.4) is 0 Å². The average molecular weight is 686 g/mol. The molecule has 3 amide bonds. The number of nitrogens with zero attached hydrogens (tertiary/aromatic N) is 4. The molecule has 9 nitrogen and oxygen atoms in total. The van der Waals surface area contributed by atoms with Crippen LogP contribution in [0.4, 0.5) is 0 Å². The number of carbonyl (C=O) groups is 3. The van der Waals surface area contributed by atoms with Gasteiger partial charge in [0.1, 0.15) is 17.5 Å². The zero-order chi connectivity index (χ0) is 34.6. The van der Waals surface area contributed by atoms with E-state index in [1.54, 1.807) is 36.0 Å². The van der Waals surface area contributed by atoms with Crippen molar-refractivity contribution >= 4 is 29.5 Å². The normalized spacial score (nSPS) is 18.9. The Morgan fingerprint density at radius 2 is 1.58 bits per heavy atom. The number of pyridine rings is 1. The van der Waals surface area contributed by atoms with Crippen LogP contribution >= 0.6 is 11.8 Å². The monoisotopic (exact) mass is 685 g/mol. The number of nitrogens with one attached hydrogen (secondary N) is 1. The summed E-state index contributed by atoms with van der Waals surface area (Å²) in [5, 5.41) is 13.8. The Labute approximate surface area is 296 Å². The Kier molecular flexibility index (Phi) is 9.82. The molecule has 4 atom stereocenters. The second kappa shape index (κ2) is 14.7. The Hall–Kier alpha value is -5.19. The maximum absolute atomic E-state index is 14.5. The number of rotatable bonds is 10. The highest BCUT2D eigenvalue weighted by Gasteiger charge is 2.42. The highest BCUT2D eigenvalue weighted by atomic mass is 32.2. The lowest BCUT2D eigenvalue weighted by Gasteiger charge is -2.33. The first-order valence-electron chi connectivity index (χ1n) is 16.8. The predicted molar refractivity (Wildman–Crippen MR) is 193 cm³/mol. The van der Waals surface area contributed by atoms with E-state index in [0.717, 1.165) is 27.9 Å². The Balaban J connectivity index is 1.14. The quantitative estimate of drug-likeness (QED) is 0.209. The van der Waals surface area contributed by atoms with Gasteiger partial charge in [-0.05, 0) is 28.8 Å². The third-order valence-corrected chi connectivity index (χ3v) is 10.8. The van der Waals surface area contributed by atoms with Crippen LogP contribution in [0, 0.1) is 0 Å². The number of benzene rings is 3. The van der Waals surface area contributed by atoms with Crippen molar-refractivity contribution in [2.75, 3.05) is 13.6 Å². The third kappa shape index (κ3) is 6.81. The predicted octanol–water partition coefficient (Wildman–Crippen LogP) is 5.23. The molecule has 7 rings (SSSR count). The summed E-state index contributed by atoms with van der Waals surface area (Å²) >= 11 is 1.71. The molecule has 4 heterocycles. The van der Waals surface area contributed by atoms with E-state index in [0.29, 0.717) is 11.3 Å². The molecule has 1 fully saturated rings. The van der Waals surface area contributed by atoms with E-state index in [1.807, 2.05) is 116 Å². The molecule has 0 saturated carbocycles. The largest absolute Gasteiger partial charge is 0.391 e. The van der Waals surface area contributed by atoms with Gasteiger partial charge in [0.2, 0.25) is 11.8 Å². The molecule has 254 valence electrons. The van der Waals surface area contributed by atoms with Crippen LogP contribution in [0.2, 0.25) is 0 Å². The molecule has 50 heavy (non-hydrogen) atoms. The van der Waals surface area contributed by atoms with Gasteiger partial charge in [0, 0.05) is 62.0 Å². The van der Waals surface area contributed by atoms with Gasteiger partial charge in [-0.2, -0.15) is 0 Å². The van der Waals surface area contributed by atoms with Crippen molar-refractivity contribution < 1.29 is 19.5 Å². The maximum Gasteiger partial charge on any atom is 0.256 e. The molecule has 2 aliphatic heterocycles. The van der Waals surface area contributed by atoms with Crippen molar-refractivity contribution in [3.63, 3.8) is 0 Å². The molecule has 1 saturated heterocycles. The fourth-order valence-corrected chi connectivity index (χ4v) is 8.42. The molecule has 0 aliphatic carbocycles. The van der Waals surface area contributed by atoms with Crippen LogP contribution in [0.15, 0.2) is 128 Å². The standard InChI is InChI=1S/C40H39N5O4S/c1-43(36(28-14-7-3-8-15-28)29-16-9-4-10-17-29)39(49)33(22-27-12-5-2-6-13-27)42-37(47)34-23-31(46)25-45(34)38(48)32-19-21-44-35(32)26-50-40(44)30-18-11-20-41-24-30/h2-21,24,31,33-34,36,40,46H,22-23,25-26H2,1H3,(H,42,47). The average Bonchev–Trinajstić information content (AvgIpc) is 3.88. The van der Waals surface area contributed by atoms with Crippen LogP contribution in [0.1, 0.15) is 56.1 Å². The van der Waals surface area contributed by atoms with Crippen LogP contribution in [0.25, 0.3) is 0 Å². The zero-order valence-electron chi connectivity index (χ0n) is 27.7. The number of thioether (sulfide) groups is 1. The van der Waals surface area contributed by atoms with Gasteiger partial charge in [-0.3, -0.25) is 19.4 Å². The first kappa shape index (κ1) is 33.3. The van der Waals surface area contributed by atoms with Gasteiger partial charge in [-0.25, -0.2) is 0 Å². The van der Waals surface area contributed by atoms with Crippen LogP contribution in [0.5, 0.6) is 0 Å². The summed E-state index contributed by atoms with van der Waals surface area (Å²) in [6.45, 7) is 0.0298. The molecule has 10 heteroatoms. The molecular weight excluding hydrogens is 647 g/mol. The maximum atomic E-state index is 14.5. The van der Waals surface area contributed by atoms with E-state index in [-0.39, 0.29) is 36.6 Å². The molecule has 0 spiro atoms. The summed E-state index contributed by atoms with van der Waals surface area (Å²) in [7, 11) is 1.76. The second-order valence-corrected chi connectivity index (χ2v) is 13.9. The number of likely N-dealkylation sites (N-methyl/N-ethyl adjacent to an activating group) is 1. The fraction of sp³-hybridized carbons (Fsp3) is 0.250. The van der Waals surface area contributed by atoms with Crippen molar-refractivity contribution in [1.29, 1.82) is 0 Å². The molecule has 4 unspecified atom stereocenters. The molecule has 2 aliphatic rings. The van der Waals surface area contributed by atoms with Crippen LogP contribution in [-0.4, -0.2) is 74.0 Å². The third-order valence-electron chi connectivity index (χ3n) is 9.56. The summed E-state index contributed by atoms with van der Waals surface area (Å²) in [5.41, 5.74) is 5.21. The van der Waals surface area contributed by atoms with Gasteiger partial charge >= 0.3 is 0 Å². The van der Waals surface area contributed by atoms with E-state index in [2.05, 4.69) is 14.9 Å². The number of fused-ring (bicyclic) bond motifs is 1. The number of hydrogen-bond donors (Lipinski definition) is 2. The number of aliphatic hydroxyl groups is 1. The highest BCUT2D eigenvalue weighted by Crippen LogP contribution is 2.42. The second-order valence-electron chi connectivity index (χ2n) is 12.8.